The number of nitrogens with zero attached hydrogens (tertiary/aromatic N) is 3. The first kappa shape index (κ1) is 17.7. The van der Waals surface area contributed by atoms with Gasteiger partial charge < -0.3 is 19.3 Å². The van der Waals surface area contributed by atoms with Crippen molar-refractivity contribution in [1.29, 1.82) is 0 Å². The van der Waals surface area contributed by atoms with Crippen LogP contribution in [0.3, 0.4) is 0 Å². The fraction of sp³-hybridized carbons (Fsp3) is 0.647. The number of aryl methyl sites for hydroxylation is 1. The molecule has 2 heterocycles. The third-order valence-corrected chi connectivity index (χ3v) is 3.73. The molecule has 1 saturated heterocycles. The van der Waals surface area contributed by atoms with Crippen LogP contribution in [0.4, 0.5) is 5.82 Å². The van der Waals surface area contributed by atoms with Crippen LogP contribution in [0.1, 0.15) is 19.4 Å². The SMILES string of the molecule is Cc1ccnc(N2C[C@@H](COCC(=O)N(C)C)OC(C)(C)C2)c1. The van der Waals surface area contributed by atoms with Gasteiger partial charge >= 0.3 is 0 Å². The van der Waals surface area contributed by atoms with Crippen molar-refractivity contribution in [2.45, 2.75) is 32.5 Å². The summed E-state index contributed by atoms with van der Waals surface area (Å²) in [6.07, 6.45) is 1.74. The number of likely N-dealkylation sites (N-methyl/N-ethyl adjacent to an activating group) is 1. The molecule has 1 atom stereocenters. The zero-order chi connectivity index (χ0) is 17.0. The van der Waals surface area contributed by atoms with Gasteiger partial charge in [-0.15, -0.1) is 0 Å². The summed E-state index contributed by atoms with van der Waals surface area (Å²) in [6, 6.07) is 4.07. The molecule has 0 radical (unpaired) electrons. The van der Waals surface area contributed by atoms with Crippen LogP contribution >= 0.6 is 0 Å². The Morgan fingerprint density at radius 2 is 2.26 bits per heavy atom. The van der Waals surface area contributed by atoms with Crippen molar-refractivity contribution in [3.63, 3.8) is 0 Å². The standard InChI is InChI=1S/C17H27N3O3/c1-13-6-7-18-15(8-13)20-9-14(23-17(2,3)12-20)10-22-11-16(21)19(4)5/h6-8,14H,9-12H2,1-5H3/t14-/m0/s1. The molecular weight excluding hydrogens is 294 g/mol. The maximum atomic E-state index is 11.6. The largest absolute Gasteiger partial charge is 0.369 e. The molecule has 1 aromatic rings. The lowest BCUT2D eigenvalue weighted by molar-refractivity contribution is -0.139. The summed E-state index contributed by atoms with van der Waals surface area (Å²) in [7, 11) is 3.44. The summed E-state index contributed by atoms with van der Waals surface area (Å²) < 4.78 is 11.6. The Kier molecular flexibility index (Phi) is 5.59. The molecule has 1 aliphatic heterocycles. The lowest BCUT2D eigenvalue weighted by atomic mass is 10.1. The van der Waals surface area contributed by atoms with Crippen molar-refractivity contribution in [3.8, 4) is 0 Å². The summed E-state index contributed by atoms with van der Waals surface area (Å²) in [6.45, 7) is 8.14. The Hall–Kier alpha value is -1.66. The highest BCUT2D eigenvalue weighted by atomic mass is 16.5. The molecule has 0 aromatic carbocycles. The van der Waals surface area contributed by atoms with Crippen molar-refractivity contribution < 1.29 is 14.3 Å². The smallest absolute Gasteiger partial charge is 0.248 e. The van der Waals surface area contributed by atoms with E-state index in [0.29, 0.717) is 13.2 Å². The first-order valence-corrected chi connectivity index (χ1v) is 7.90. The first-order chi connectivity index (χ1) is 10.8. The van der Waals surface area contributed by atoms with E-state index in [0.717, 1.165) is 12.4 Å². The molecule has 1 amide bonds. The number of hydrogen-bond donors (Lipinski definition) is 0. The Balaban J connectivity index is 1.97. The number of morpholine rings is 1. The van der Waals surface area contributed by atoms with Gasteiger partial charge in [-0.25, -0.2) is 4.98 Å². The minimum absolute atomic E-state index is 0.0442. The number of anilines is 1. The van der Waals surface area contributed by atoms with E-state index in [1.54, 1.807) is 14.1 Å². The number of ether oxygens (including phenoxy) is 2. The average molecular weight is 321 g/mol. The molecule has 0 bridgehead atoms. The predicted octanol–water partition coefficient (Wildman–Crippen LogP) is 1.48. The first-order valence-electron chi connectivity index (χ1n) is 7.90. The van der Waals surface area contributed by atoms with Gasteiger partial charge in [-0.05, 0) is 38.5 Å². The number of pyridine rings is 1. The van der Waals surface area contributed by atoms with Gasteiger partial charge in [0.15, 0.2) is 0 Å². The summed E-state index contributed by atoms with van der Waals surface area (Å²) in [5.74, 6) is 0.910. The normalized spacial score (nSPS) is 20.4. The van der Waals surface area contributed by atoms with Gasteiger partial charge in [-0.2, -0.15) is 0 Å². The van der Waals surface area contributed by atoms with Crippen LogP contribution in [0.25, 0.3) is 0 Å². The topological polar surface area (TPSA) is 54.9 Å². The Morgan fingerprint density at radius 1 is 1.52 bits per heavy atom. The second-order valence-electron chi connectivity index (χ2n) is 6.87. The number of aromatic nitrogens is 1. The number of carbonyl (C=O) groups excluding carboxylic acids is 1. The number of rotatable bonds is 5. The van der Waals surface area contributed by atoms with Crippen LogP contribution in [-0.2, 0) is 14.3 Å². The quantitative estimate of drug-likeness (QED) is 0.822. The van der Waals surface area contributed by atoms with E-state index < -0.39 is 0 Å². The molecular formula is C17H27N3O3. The summed E-state index contributed by atoms with van der Waals surface area (Å²) in [4.78, 5) is 19.8. The van der Waals surface area contributed by atoms with Gasteiger partial charge in [-0.3, -0.25) is 4.79 Å². The molecule has 0 saturated carbocycles. The van der Waals surface area contributed by atoms with E-state index >= 15 is 0 Å². The van der Waals surface area contributed by atoms with Crippen LogP contribution in [0, 0.1) is 6.92 Å². The maximum absolute atomic E-state index is 11.6. The highest BCUT2D eigenvalue weighted by Crippen LogP contribution is 2.25. The molecule has 128 valence electrons. The number of hydrogen-bond acceptors (Lipinski definition) is 5. The zero-order valence-electron chi connectivity index (χ0n) is 14.7. The van der Waals surface area contributed by atoms with Crippen LogP contribution < -0.4 is 4.90 Å². The van der Waals surface area contributed by atoms with E-state index in [1.807, 2.05) is 12.3 Å². The van der Waals surface area contributed by atoms with Gasteiger partial charge in [0, 0.05) is 33.4 Å². The van der Waals surface area contributed by atoms with Gasteiger partial charge in [-0.1, -0.05) is 0 Å². The molecule has 0 N–H and O–H groups in total. The van der Waals surface area contributed by atoms with Gasteiger partial charge in [0.2, 0.25) is 5.91 Å². The van der Waals surface area contributed by atoms with E-state index in [1.165, 1.54) is 10.5 Å². The lowest BCUT2D eigenvalue weighted by Crippen LogP contribution is -2.54. The maximum Gasteiger partial charge on any atom is 0.248 e. The lowest BCUT2D eigenvalue weighted by Gasteiger charge is -2.43. The average Bonchev–Trinajstić information content (AvgIpc) is 2.45. The highest BCUT2D eigenvalue weighted by molar-refractivity contribution is 5.76. The van der Waals surface area contributed by atoms with Crippen LogP contribution in [0.2, 0.25) is 0 Å². The number of carbonyl (C=O) groups is 1. The molecule has 0 spiro atoms. The van der Waals surface area contributed by atoms with Crippen molar-refractivity contribution in [1.82, 2.24) is 9.88 Å². The van der Waals surface area contributed by atoms with Gasteiger partial charge in [0.1, 0.15) is 12.4 Å². The predicted molar refractivity (Wildman–Crippen MR) is 89.7 cm³/mol. The van der Waals surface area contributed by atoms with Gasteiger partial charge in [0.25, 0.3) is 0 Å². The molecule has 0 unspecified atom stereocenters. The van der Waals surface area contributed by atoms with Crippen molar-refractivity contribution in [2.75, 3.05) is 45.3 Å². The second kappa shape index (κ2) is 7.27. The molecule has 23 heavy (non-hydrogen) atoms. The van der Waals surface area contributed by atoms with Crippen molar-refractivity contribution in [2.24, 2.45) is 0 Å². The molecule has 1 aliphatic rings. The third kappa shape index (κ3) is 5.18. The Morgan fingerprint density at radius 3 is 2.91 bits per heavy atom. The van der Waals surface area contributed by atoms with E-state index in [9.17, 15) is 4.79 Å². The molecule has 6 heteroatoms. The number of amides is 1. The van der Waals surface area contributed by atoms with E-state index in [2.05, 4.69) is 36.7 Å². The second-order valence-corrected chi connectivity index (χ2v) is 6.87. The highest BCUT2D eigenvalue weighted by Gasteiger charge is 2.34. The summed E-state index contributed by atoms with van der Waals surface area (Å²) >= 11 is 0. The van der Waals surface area contributed by atoms with Gasteiger partial charge in [0.05, 0.1) is 18.3 Å². The molecule has 1 aromatic heterocycles. The summed E-state index contributed by atoms with van der Waals surface area (Å²) in [5.41, 5.74) is 0.896. The molecule has 0 aliphatic carbocycles. The van der Waals surface area contributed by atoms with E-state index in [4.69, 9.17) is 9.47 Å². The van der Waals surface area contributed by atoms with Crippen LogP contribution in [-0.4, -0.2) is 67.9 Å². The fourth-order valence-electron chi connectivity index (χ4n) is 2.66. The van der Waals surface area contributed by atoms with Crippen LogP contribution in [0.15, 0.2) is 18.3 Å². The minimum Gasteiger partial charge on any atom is -0.369 e. The van der Waals surface area contributed by atoms with E-state index in [-0.39, 0.29) is 24.2 Å². The molecule has 1 fully saturated rings. The van der Waals surface area contributed by atoms with Crippen molar-refractivity contribution in [3.05, 3.63) is 23.9 Å². The molecule has 2 rings (SSSR count). The van der Waals surface area contributed by atoms with Crippen molar-refractivity contribution >= 4 is 11.7 Å². The van der Waals surface area contributed by atoms with Crippen LogP contribution in [0.5, 0.6) is 0 Å². The fourth-order valence-corrected chi connectivity index (χ4v) is 2.66. The zero-order valence-corrected chi connectivity index (χ0v) is 14.7. The minimum atomic E-state index is -0.288. The third-order valence-electron chi connectivity index (χ3n) is 3.73. The Labute approximate surface area is 138 Å². The summed E-state index contributed by atoms with van der Waals surface area (Å²) in [5, 5.41) is 0. The monoisotopic (exact) mass is 321 g/mol. The molecule has 6 nitrogen and oxygen atoms in total. The Bertz CT molecular complexity index is 546.